The van der Waals surface area contributed by atoms with Crippen molar-refractivity contribution < 1.29 is 4.79 Å². The van der Waals surface area contributed by atoms with Gasteiger partial charge in [-0.15, -0.1) is 0 Å². The SMILES string of the molecule is CCCCNC(=O)Nc1ccccc1C(C)CC. The summed E-state index contributed by atoms with van der Waals surface area (Å²) in [5.74, 6) is 0.456. The number of hydrogen-bond acceptors (Lipinski definition) is 1. The Bertz CT molecular complexity index is 377. The lowest BCUT2D eigenvalue weighted by atomic mass is 9.97. The van der Waals surface area contributed by atoms with Gasteiger partial charge in [0.1, 0.15) is 0 Å². The fraction of sp³-hybridized carbons (Fsp3) is 0.533. The van der Waals surface area contributed by atoms with E-state index in [9.17, 15) is 4.79 Å². The van der Waals surface area contributed by atoms with Gasteiger partial charge in [0, 0.05) is 12.2 Å². The number of rotatable bonds is 6. The van der Waals surface area contributed by atoms with Crippen molar-refractivity contribution in [1.82, 2.24) is 5.32 Å². The van der Waals surface area contributed by atoms with Crippen LogP contribution in [0.15, 0.2) is 24.3 Å². The van der Waals surface area contributed by atoms with Crippen LogP contribution < -0.4 is 10.6 Å². The molecule has 1 aromatic rings. The molecule has 1 atom stereocenters. The number of nitrogens with one attached hydrogen (secondary N) is 2. The molecule has 0 bridgehead atoms. The van der Waals surface area contributed by atoms with Crippen molar-refractivity contribution in [3.05, 3.63) is 29.8 Å². The van der Waals surface area contributed by atoms with E-state index < -0.39 is 0 Å². The van der Waals surface area contributed by atoms with E-state index in [2.05, 4.69) is 37.5 Å². The Kier molecular flexibility index (Phi) is 6.26. The second kappa shape index (κ2) is 7.75. The summed E-state index contributed by atoms with van der Waals surface area (Å²) < 4.78 is 0. The highest BCUT2D eigenvalue weighted by molar-refractivity contribution is 5.90. The van der Waals surface area contributed by atoms with Crippen molar-refractivity contribution in [2.75, 3.05) is 11.9 Å². The summed E-state index contributed by atoms with van der Waals surface area (Å²) >= 11 is 0. The summed E-state index contributed by atoms with van der Waals surface area (Å²) in [6, 6.07) is 7.89. The van der Waals surface area contributed by atoms with Crippen LogP contribution in [-0.4, -0.2) is 12.6 Å². The molecule has 0 radical (unpaired) electrons. The van der Waals surface area contributed by atoms with Gasteiger partial charge in [-0.2, -0.15) is 0 Å². The molecule has 0 aliphatic heterocycles. The largest absolute Gasteiger partial charge is 0.338 e. The Morgan fingerprint density at radius 1 is 1.28 bits per heavy atom. The third kappa shape index (κ3) is 4.40. The lowest BCUT2D eigenvalue weighted by Crippen LogP contribution is -2.29. The molecule has 0 aliphatic rings. The van der Waals surface area contributed by atoms with Crippen LogP contribution in [0.1, 0.15) is 51.5 Å². The molecule has 0 saturated carbocycles. The molecule has 1 aromatic carbocycles. The van der Waals surface area contributed by atoms with Crippen molar-refractivity contribution >= 4 is 11.7 Å². The minimum absolute atomic E-state index is 0.112. The fourth-order valence-electron chi connectivity index (χ4n) is 1.81. The van der Waals surface area contributed by atoms with Gasteiger partial charge in [-0.05, 0) is 30.4 Å². The summed E-state index contributed by atoms with van der Waals surface area (Å²) in [5, 5.41) is 5.80. The van der Waals surface area contributed by atoms with E-state index in [4.69, 9.17) is 0 Å². The highest BCUT2D eigenvalue weighted by Gasteiger charge is 2.10. The van der Waals surface area contributed by atoms with Crippen LogP contribution in [0.4, 0.5) is 10.5 Å². The average Bonchev–Trinajstić information content (AvgIpc) is 2.39. The van der Waals surface area contributed by atoms with E-state index in [0.717, 1.165) is 31.5 Å². The van der Waals surface area contributed by atoms with Gasteiger partial charge in [-0.3, -0.25) is 0 Å². The molecule has 0 saturated heterocycles. The predicted octanol–water partition coefficient (Wildman–Crippen LogP) is 4.12. The van der Waals surface area contributed by atoms with Gasteiger partial charge in [0.25, 0.3) is 0 Å². The van der Waals surface area contributed by atoms with Crippen LogP contribution in [-0.2, 0) is 0 Å². The maximum absolute atomic E-state index is 11.7. The van der Waals surface area contributed by atoms with Crippen LogP contribution in [0.3, 0.4) is 0 Å². The zero-order valence-electron chi connectivity index (χ0n) is 11.6. The van der Waals surface area contributed by atoms with E-state index in [-0.39, 0.29) is 6.03 Å². The van der Waals surface area contributed by atoms with E-state index in [1.54, 1.807) is 0 Å². The first-order valence-electron chi connectivity index (χ1n) is 6.82. The summed E-state index contributed by atoms with van der Waals surface area (Å²) in [5.41, 5.74) is 2.12. The first kappa shape index (κ1) is 14.6. The smallest absolute Gasteiger partial charge is 0.319 e. The number of carbonyl (C=O) groups is 1. The second-order valence-electron chi connectivity index (χ2n) is 4.63. The second-order valence-corrected chi connectivity index (χ2v) is 4.63. The van der Waals surface area contributed by atoms with E-state index in [1.807, 2.05) is 18.2 Å². The number of urea groups is 1. The molecule has 3 heteroatoms. The number of anilines is 1. The molecule has 100 valence electrons. The van der Waals surface area contributed by atoms with Crippen LogP contribution >= 0.6 is 0 Å². The molecule has 2 amide bonds. The van der Waals surface area contributed by atoms with Gasteiger partial charge >= 0.3 is 6.03 Å². The number of hydrogen-bond donors (Lipinski definition) is 2. The summed E-state index contributed by atoms with van der Waals surface area (Å²) in [6.45, 7) is 7.17. The molecule has 0 aliphatic carbocycles. The summed E-state index contributed by atoms with van der Waals surface area (Å²) in [7, 11) is 0. The molecule has 1 rings (SSSR count). The molecular weight excluding hydrogens is 224 g/mol. The Balaban J connectivity index is 2.63. The molecule has 2 N–H and O–H groups in total. The van der Waals surface area contributed by atoms with Gasteiger partial charge in [0.15, 0.2) is 0 Å². The van der Waals surface area contributed by atoms with Crippen LogP contribution in [0.5, 0.6) is 0 Å². The standard InChI is InChI=1S/C15H24N2O/c1-4-6-11-16-15(18)17-14-10-8-7-9-13(14)12(3)5-2/h7-10,12H,4-6,11H2,1-3H3,(H2,16,17,18). The van der Waals surface area contributed by atoms with Crippen LogP contribution in [0, 0.1) is 0 Å². The van der Waals surface area contributed by atoms with Crippen molar-refractivity contribution in [1.29, 1.82) is 0 Å². The Labute approximate surface area is 110 Å². The molecular formula is C15H24N2O. The molecule has 0 spiro atoms. The molecule has 0 aromatic heterocycles. The highest BCUT2D eigenvalue weighted by Crippen LogP contribution is 2.26. The highest BCUT2D eigenvalue weighted by atomic mass is 16.2. The first-order chi connectivity index (χ1) is 8.69. The number of amides is 2. The van der Waals surface area contributed by atoms with Crippen LogP contribution in [0.25, 0.3) is 0 Å². The Morgan fingerprint density at radius 3 is 2.67 bits per heavy atom. The van der Waals surface area contributed by atoms with Crippen molar-refractivity contribution in [3.8, 4) is 0 Å². The van der Waals surface area contributed by atoms with Crippen molar-refractivity contribution in [2.24, 2.45) is 0 Å². The van der Waals surface area contributed by atoms with Gasteiger partial charge in [0.2, 0.25) is 0 Å². The number of para-hydroxylation sites is 1. The Morgan fingerprint density at radius 2 is 2.00 bits per heavy atom. The zero-order chi connectivity index (χ0) is 13.4. The van der Waals surface area contributed by atoms with Gasteiger partial charge in [0.05, 0.1) is 0 Å². The predicted molar refractivity (Wildman–Crippen MR) is 77.1 cm³/mol. The van der Waals surface area contributed by atoms with Crippen molar-refractivity contribution in [3.63, 3.8) is 0 Å². The topological polar surface area (TPSA) is 41.1 Å². The molecule has 1 unspecified atom stereocenters. The van der Waals surface area contributed by atoms with E-state index >= 15 is 0 Å². The summed E-state index contributed by atoms with van der Waals surface area (Å²) in [4.78, 5) is 11.7. The lowest BCUT2D eigenvalue weighted by molar-refractivity contribution is 0.252. The van der Waals surface area contributed by atoms with Gasteiger partial charge in [-0.1, -0.05) is 45.4 Å². The van der Waals surface area contributed by atoms with Crippen molar-refractivity contribution in [2.45, 2.75) is 46.0 Å². The quantitative estimate of drug-likeness (QED) is 0.730. The van der Waals surface area contributed by atoms with E-state index in [0.29, 0.717) is 5.92 Å². The molecule has 18 heavy (non-hydrogen) atoms. The third-order valence-corrected chi connectivity index (χ3v) is 3.17. The number of benzene rings is 1. The lowest BCUT2D eigenvalue weighted by Gasteiger charge is -2.15. The molecule has 3 nitrogen and oxygen atoms in total. The first-order valence-corrected chi connectivity index (χ1v) is 6.82. The Hall–Kier alpha value is -1.51. The molecule has 0 fully saturated rings. The minimum Gasteiger partial charge on any atom is -0.338 e. The maximum atomic E-state index is 11.7. The summed E-state index contributed by atoms with van der Waals surface area (Å²) in [6.07, 6.45) is 3.17. The van der Waals surface area contributed by atoms with Crippen LogP contribution in [0.2, 0.25) is 0 Å². The average molecular weight is 248 g/mol. The fourth-order valence-corrected chi connectivity index (χ4v) is 1.81. The number of unbranched alkanes of at least 4 members (excludes halogenated alkanes) is 1. The van der Waals surface area contributed by atoms with Gasteiger partial charge < -0.3 is 10.6 Å². The third-order valence-electron chi connectivity index (χ3n) is 3.17. The number of carbonyl (C=O) groups excluding carboxylic acids is 1. The zero-order valence-corrected chi connectivity index (χ0v) is 11.6. The normalized spacial score (nSPS) is 11.9. The monoisotopic (exact) mass is 248 g/mol. The molecule has 0 heterocycles. The maximum Gasteiger partial charge on any atom is 0.319 e. The minimum atomic E-state index is -0.112. The van der Waals surface area contributed by atoms with Gasteiger partial charge in [-0.25, -0.2) is 4.79 Å². The van der Waals surface area contributed by atoms with E-state index in [1.165, 1.54) is 5.56 Å².